The number of halogens is 2. The molecule has 0 bridgehead atoms. The summed E-state index contributed by atoms with van der Waals surface area (Å²) in [6.45, 7) is 2.10. The van der Waals surface area contributed by atoms with Gasteiger partial charge in [-0.25, -0.2) is 0 Å². The molecule has 0 aliphatic rings. The summed E-state index contributed by atoms with van der Waals surface area (Å²) in [5.74, 6) is 0.102. The fraction of sp³-hybridized carbons (Fsp3) is 0.0833. The number of carbonyl (C=O) groups is 1. The maximum absolute atomic E-state index is 12.6. The molecule has 3 rings (SSSR count). The van der Waals surface area contributed by atoms with Crippen LogP contribution in [0.1, 0.15) is 16.7 Å². The molecule has 0 aliphatic carbocycles. The molecule has 0 aliphatic heterocycles. The topological polar surface area (TPSA) is 105 Å². The van der Waals surface area contributed by atoms with Crippen molar-refractivity contribution in [1.29, 1.82) is 5.26 Å². The summed E-state index contributed by atoms with van der Waals surface area (Å²) < 4.78 is 7.31. The number of nitrogens with zero attached hydrogens (tertiary/aromatic N) is 2. The first-order valence-electron chi connectivity index (χ1n) is 9.62. The number of nitro groups is 1. The Morgan fingerprint density at radius 3 is 2.55 bits per heavy atom. The molecule has 0 unspecified atom stereocenters. The molecule has 0 radical (unpaired) electrons. The van der Waals surface area contributed by atoms with Gasteiger partial charge in [0.15, 0.2) is 0 Å². The van der Waals surface area contributed by atoms with Crippen molar-refractivity contribution >= 4 is 61.9 Å². The molecule has 9 heteroatoms. The summed E-state index contributed by atoms with van der Waals surface area (Å²) in [5, 5.41) is 23.0. The van der Waals surface area contributed by atoms with Gasteiger partial charge >= 0.3 is 0 Å². The predicted octanol–water partition coefficient (Wildman–Crippen LogP) is 6.40. The van der Waals surface area contributed by atoms with Crippen LogP contribution in [0.4, 0.5) is 11.4 Å². The highest BCUT2D eigenvalue weighted by Gasteiger charge is 2.14. The number of nitriles is 1. The second kappa shape index (κ2) is 11.1. The number of nitro benzene ring substituents is 1. The number of nitrogens with one attached hydrogen (secondary N) is 1. The molecule has 166 valence electrons. The van der Waals surface area contributed by atoms with E-state index in [0.717, 1.165) is 14.7 Å². The minimum Gasteiger partial charge on any atom is -0.487 e. The van der Waals surface area contributed by atoms with Crippen LogP contribution in [0, 0.1) is 31.9 Å². The number of aryl methyl sites for hydroxylation is 1. The van der Waals surface area contributed by atoms with E-state index in [0.29, 0.717) is 21.5 Å². The highest BCUT2D eigenvalue weighted by Crippen LogP contribution is 2.33. The molecule has 3 aromatic carbocycles. The fourth-order valence-corrected chi connectivity index (χ4v) is 4.66. The van der Waals surface area contributed by atoms with Crippen molar-refractivity contribution in [2.45, 2.75) is 13.5 Å². The van der Waals surface area contributed by atoms with Gasteiger partial charge in [-0.05, 0) is 98.5 Å². The van der Waals surface area contributed by atoms with E-state index in [-0.39, 0.29) is 17.9 Å². The maximum Gasteiger partial charge on any atom is 0.269 e. The minimum atomic E-state index is -0.489. The molecule has 7 nitrogen and oxygen atoms in total. The van der Waals surface area contributed by atoms with Crippen LogP contribution in [0.2, 0.25) is 0 Å². The van der Waals surface area contributed by atoms with Gasteiger partial charge in [0.1, 0.15) is 24.0 Å². The van der Waals surface area contributed by atoms with Crippen molar-refractivity contribution in [3.8, 4) is 11.8 Å². The maximum atomic E-state index is 12.6. The van der Waals surface area contributed by atoms with Crippen molar-refractivity contribution < 1.29 is 14.5 Å². The number of non-ortho nitro benzene ring substituents is 1. The van der Waals surface area contributed by atoms with Crippen molar-refractivity contribution in [2.75, 3.05) is 5.32 Å². The third kappa shape index (κ3) is 6.40. The van der Waals surface area contributed by atoms with Gasteiger partial charge in [0.25, 0.3) is 11.6 Å². The van der Waals surface area contributed by atoms with Gasteiger partial charge in [0.2, 0.25) is 0 Å². The van der Waals surface area contributed by atoms with Gasteiger partial charge in [-0.1, -0.05) is 18.2 Å². The Bertz CT molecular complexity index is 1260. The molecule has 1 N–H and O–H groups in total. The van der Waals surface area contributed by atoms with Gasteiger partial charge in [0, 0.05) is 17.8 Å². The zero-order valence-corrected chi connectivity index (χ0v) is 21.1. The first-order valence-corrected chi connectivity index (χ1v) is 11.5. The quantitative estimate of drug-likeness (QED) is 0.109. The Hall–Kier alpha value is -3.23. The normalized spacial score (nSPS) is 10.9. The molecule has 0 aromatic heterocycles. The van der Waals surface area contributed by atoms with E-state index >= 15 is 0 Å². The molecular formula is C24H17BrIN3O4. The van der Waals surface area contributed by atoms with Crippen LogP contribution in [-0.2, 0) is 11.4 Å². The molecule has 0 atom stereocenters. The average molecular weight is 618 g/mol. The number of anilines is 1. The van der Waals surface area contributed by atoms with Gasteiger partial charge in [0.05, 0.1) is 13.0 Å². The Labute approximate surface area is 212 Å². The van der Waals surface area contributed by atoms with Gasteiger partial charge in [-0.3, -0.25) is 14.9 Å². The SMILES string of the molecule is Cc1ccccc1NC(=O)/C(C#N)=C\c1cc(Br)c(OCc2ccc([N+](=O)[O-])cc2)c(I)c1. The van der Waals surface area contributed by atoms with Gasteiger partial charge < -0.3 is 10.1 Å². The molecule has 3 aromatic rings. The largest absolute Gasteiger partial charge is 0.487 e. The lowest BCUT2D eigenvalue weighted by Gasteiger charge is -2.12. The Morgan fingerprint density at radius 2 is 1.94 bits per heavy atom. The molecule has 0 saturated carbocycles. The van der Waals surface area contributed by atoms with Crippen molar-refractivity contribution in [3.63, 3.8) is 0 Å². The summed E-state index contributed by atoms with van der Waals surface area (Å²) >= 11 is 5.59. The molecule has 0 fully saturated rings. The standard InChI is InChI=1S/C24H17BrIN3O4/c1-15-4-2-3-5-22(15)28-24(30)18(13-27)10-17-11-20(25)23(21(26)12-17)33-14-16-6-8-19(9-7-16)29(31)32/h2-12H,14H2,1H3,(H,28,30)/b18-10-. The van der Waals surface area contributed by atoms with Gasteiger partial charge in [-0.2, -0.15) is 5.26 Å². The van der Waals surface area contributed by atoms with E-state index < -0.39 is 10.8 Å². The molecule has 33 heavy (non-hydrogen) atoms. The first-order chi connectivity index (χ1) is 15.8. The van der Waals surface area contributed by atoms with Crippen LogP contribution in [0.3, 0.4) is 0 Å². The number of carbonyl (C=O) groups excluding carboxylic acids is 1. The van der Waals surface area contributed by atoms with Crippen LogP contribution in [0.15, 0.2) is 70.7 Å². The zero-order valence-electron chi connectivity index (χ0n) is 17.3. The van der Waals surface area contributed by atoms with E-state index in [1.54, 1.807) is 30.3 Å². The predicted molar refractivity (Wildman–Crippen MR) is 138 cm³/mol. The number of rotatable bonds is 7. The van der Waals surface area contributed by atoms with Crippen molar-refractivity contribution in [1.82, 2.24) is 0 Å². The molecule has 0 heterocycles. The monoisotopic (exact) mass is 617 g/mol. The van der Waals surface area contributed by atoms with E-state index in [2.05, 4.69) is 43.8 Å². The van der Waals surface area contributed by atoms with E-state index in [9.17, 15) is 20.2 Å². The smallest absolute Gasteiger partial charge is 0.269 e. The number of benzene rings is 3. The van der Waals surface area contributed by atoms with Crippen LogP contribution >= 0.6 is 38.5 Å². The van der Waals surface area contributed by atoms with Crippen molar-refractivity contribution in [3.05, 3.63) is 101 Å². The van der Waals surface area contributed by atoms with Crippen LogP contribution < -0.4 is 10.1 Å². The molecular weight excluding hydrogens is 601 g/mol. The lowest BCUT2D eigenvalue weighted by molar-refractivity contribution is -0.384. The van der Waals surface area contributed by atoms with Crippen LogP contribution in [0.25, 0.3) is 6.08 Å². The fourth-order valence-electron chi connectivity index (χ4n) is 2.89. The third-order valence-electron chi connectivity index (χ3n) is 4.62. The zero-order chi connectivity index (χ0) is 24.0. The molecule has 0 spiro atoms. The second-order valence-corrected chi connectivity index (χ2v) is 8.98. The molecule has 0 saturated heterocycles. The second-order valence-electron chi connectivity index (χ2n) is 6.96. The van der Waals surface area contributed by atoms with E-state index in [1.165, 1.54) is 18.2 Å². The highest BCUT2D eigenvalue weighted by atomic mass is 127. The minimum absolute atomic E-state index is 0.0189. The van der Waals surface area contributed by atoms with Crippen LogP contribution in [0.5, 0.6) is 5.75 Å². The summed E-state index contributed by atoms with van der Waals surface area (Å²) in [4.78, 5) is 22.9. The number of hydrogen-bond acceptors (Lipinski definition) is 5. The molecule has 1 amide bonds. The first kappa shape index (κ1) is 24.4. The lowest BCUT2D eigenvalue weighted by atomic mass is 10.1. The Kier molecular flexibility index (Phi) is 8.19. The lowest BCUT2D eigenvalue weighted by Crippen LogP contribution is -2.14. The summed E-state index contributed by atoms with van der Waals surface area (Å²) in [6, 6.07) is 19.0. The van der Waals surface area contributed by atoms with Crippen molar-refractivity contribution in [2.24, 2.45) is 0 Å². The summed E-state index contributed by atoms with van der Waals surface area (Å²) in [6.07, 6.45) is 1.51. The number of amides is 1. The number of hydrogen-bond donors (Lipinski definition) is 1. The van der Waals surface area contributed by atoms with E-state index in [4.69, 9.17) is 4.74 Å². The third-order valence-corrected chi connectivity index (χ3v) is 6.01. The Morgan fingerprint density at radius 1 is 1.24 bits per heavy atom. The average Bonchev–Trinajstić information content (AvgIpc) is 2.78. The number of ether oxygens (including phenoxy) is 1. The Balaban J connectivity index is 1.75. The summed E-state index contributed by atoms with van der Waals surface area (Å²) in [5.41, 5.74) is 2.98. The van der Waals surface area contributed by atoms with Gasteiger partial charge in [-0.15, -0.1) is 0 Å². The van der Waals surface area contributed by atoms with Crippen LogP contribution in [-0.4, -0.2) is 10.8 Å². The number of para-hydroxylation sites is 1. The summed E-state index contributed by atoms with van der Waals surface area (Å²) in [7, 11) is 0. The van der Waals surface area contributed by atoms with E-state index in [1.807, 2.05) is 31.2 Å². The highest BCUT2D eigenvalue weighted by molar-refractivity contribution is 14.1.